The molecule has 0 radical (unpaired) electrons. The zero-order valence-electron chi connectivity index (χ0n) is 31.7. The Hall–Kier alpha value is -5.08. The highest BCUT2D eigenvalue weighted by Crippen LogP contribution is 2.42. The highest BCUT2D eigenvalue weighted by molar-refractivity contribution is 5.97. The Bertz CT molecular complexity index is 2030. The van der Waals surface area contributed by atoms with Gasteiger partial charge in [0.1, 0.15) is 17.1 Å². The van der Waals surface area contributed by atoms with Gasteiger partial charge in [-0.1, -0.05) is 76.0 Å². The van der Waals surface area contributed by atoms with Crippen molar-refractivity contribution < 1.29 is 41.2 Å². The number of urea groups is 1. The van der Waals surface area contributed by atoms with Crippen LogP contribution in [0.5, 0.6) is 0 Å². The second-order valence-electron chi connectivity index (χ2n) is 14.6. The number of carbonyl (C=O) groups is 4. The molecular weight excluding hydrogens is 720 g/mol. The molecule has 15 heteroatoms. The molecule has 3 amide bonds. The van der Waals surface area contributed by atoms with Crippen molar-refractivity contribution >= 4 is 40.4 Å². The second-order valence-corrected chi connectivity index (χ2v) is 14.6. The quantitative estimate of drug-likeness (QED) is 0.0846. The maximum atomic E-state index is 14.9. The number of aryl methyl sites for hydroxylation is 1. The molecule has 2 aromatic heterocycles. The Morgan fingerprint density at radius 3 is 2.36 bits per heavy atom. The number of ketones is 2. The third-order valence-corrected chi connectivity index (χ3v) is 11.0. The first-order chi connectivity index (χ1) is 26.1. The maximum Gasteiger partial charge on any atom is 0.418 e. The zero-order valence-corrected chi connectivity index (χ0v) is 31.7. The molecule has 2 aromatic carbocycles. The lowest BCUT2D eigenvalue weighted by molar-refractivity contribution is -0.137. The van der Waals surface area contributed by atoms with E-state index in [2.05, 4.69) is 31.1 Å². The number of Topliss-reactive ketones (excluding diaryl/α,β-unsaturated/α-hetero) is 2. The van der Waals surface area contributed by atoms with Crippen LogP contribution in [0.3, 0.4) is 0 Å². The number of aromatic nitrogens is 3. The number of hydrogen-bond donors (Lipinski definition) is 4. The lowest BCUT2D eigenvalue weighted by Gasteiger charge is -2.39. The van der Waals surface area contributed by atoms with E-state index in [4.69, 9.17) is 4.42 Å². The summed E-state index contributed by atoms with van der Waals surface area (Å²) in [7, 11) is 0. The van der Waals surface area contributed by atoms with Gasteiger partial charge in [0.15, 0.2) is 5.78 Å². The summed E-state index contributed by atoms with van der Waals surface area (Å²) >= 11 is 0. The summed E-state index contributed by atoms with van der Waals surface area (Å²) in [5.41, 5.74) is -1.28. The smallest absolute Gasteiger partial charge is 0.407 e. The largest absolute Gasteiger partial charge is 0.418 e. The highest BCUT2D eigenvalue weighted by atomic mass is 19.4. The summed E-state index contributed by atoms with van der Waals surface area (Å²) < 4.78 is 62.5. The Kier molecular flexibility index (Phi) is 12.8. The van der Waals surface area contributed by atoms with Crippen molar-refractivity contribution in [2.75, 3.05) is 11.9 Å². The molecule has 55 heavy (non-hydrogen) atoms. The average molecular weight is 769 g/mol. The van der Waals surface area contributed by atoms with Gasteiger partial charge >= 0.3 is 18.2 Å². The minimum atomic E-state index is -4.63. The van der Waals surface area contributed by atoms with Crippen molar-refractivity contribution in [1.29, 1.82) is 0 Å². The predicted octanol–water partition coefficient (Wildman–Crippen LogP) is 7.85. The summed E-state index contributed by atoms with van der Waals surface area (Å²) in [6, 6.07) is 9.09. The molecule has 0 aliphatic heterocycles. The van der Waals surface area contributed by atoms with Gasteiger partial charge in [0.05, 0.1) is 11.1 Å². The van der Waals surface area contributed by atoms with E-state index < -0.39 is 52.7 Å². The van der Waals surface area contributed by atoms with Crippen LogP contribution in [0.2, 0.25) is 0 Å². The zero-order chi connectivity index (χ0) is 40.1. The van der Waals surface area contributed by atoms with E-state index in [0.29, 0.717) is 36.0 Å². The lowest BCUT2D eigenvalue weighted by Crippen LogP contribution is -2.59. The number of para-hydroxylation sites is 1. The number of fused-ring (bicyclic) bond motifs is 3. The maximum absolute atomic E-state index is 14.9. The summed E-state index contributed by atoms with van der Waals surface area (Å²) in [5, 5.41) is 16.5. The van der Waals surface area contributed by atoms with Gasteiger partial charge in [-0.2, -0.15) is 13.2 Å². The van der Waals surface area contributed by atoms with Crippen molar-refractivity contribution in [2.24, 2.45) is 17.8 Å². The van der Waals surface area contributed by atoms with Crippen LogP contribution in [-0.2, 0) is 39.8 Å². The Labute approximate surface area is 316 Å². The molecule has 5 atom stereocenters. The highest BCUT2D eigenvalue weighted by Gasteiger charge is 2.47. The fourth-order valence-electron chi connectivity index (χ4n) is 7.41. The monoisotopic (exact) mass is 768 g/mol. The number of H-pyrrole nitrogens is 1. The third kappa shape index (κ3) is 9.25. The van der Waals surface area contributed by atoms with E-state index in [-0.39, 0.29) is 79.1 Å². The van der Waals surface area contributed by atoms with Gasteiger partial charge in [0, 0.05) is 55.1 Å². The van der Waals surface area contributed by atoms with Crippen molar-refractivity contribution in [3.8, 4) is 0 Å². The van der Waals surface area contributed by atoms with Crippen molar-refractivity contribution in [3.63, 3.8) is 0 Å². The molecule has 2 heterocycles. The van der Waals surface area contributed by atoms with Crippen LogP contribution in [0.1, 0.15) is 101 Å². The summed E-state index contributed by atoms with van der Waals surface area (Å²) in [5.74, 6) is -3.72. The number of rotatable bonds is 16. The van der Waals surface area contributed by atoms with E-state index in [0.717, 1.165) is 6.07 Å². The Morgan fingerprint density at radius 1 is 0.964 bits per heavy atom. The summed E-state index contributed by atoms with van der Waals surface area (Å²) in [4.78, 5) is 57.8. The van der Waals surface area contributed by atoms with Crippen LogP contribution in [-0.4, -0.2) is 50.8 Å². The standard InChI is InChI=1S/C40H48F4N6O5/c1-6-22(4)27(19-25(51)18-24-12-9-10-15-31(24)41)35(53)48-39(17-16-32-29(21-39)26-13-11-14-30(34(26)46-32)40(42,43)44)33(52)20-28(23(5)7-2)36-49-50-38(55-36)47-37(54)45-8-3/h9-15,22-23,27-28,46H,6-8,16-21H2,1-5H3,(H,48,53)(H2,45,47,50,54)/t22?,23?,27-,28+,39-/m1/s1. The number of hydrogen-bond acceptors (Lipinski definition) is 7. The lowest BCUT2D eigenvalue weighted by atomic mass is 9.72. The van der Waals surface area contributed by atoms with Crippen LogP contribution in [0.25, 0.3) is 10.9 Å². The van der Waals surface area contributed by atoms with Crippen molar-refractivity contribution in [3.05, 3.63) is 76.6 Å². The first-order valence-electron chi connectivity index (χ1n) is 18.8. The van der Waals surface area contributed by atoms with E-state index in [9.17, 15) is 36.7 Å². The molecule has 4 aromatic rings. The first kappa shape index (κ1) is 41.1. The number of aromatic amines is 1. The molecule has 0 saturated carbocycles. The third-order valence-electron chi connectivity index (χ3n) is 11.0. The number of amides is 3. The van der Waals surface area contributed by atoms with E-state index in [1.807, 2.05) is 27.7 Å². The number of carbonyl (C=O) groups excluding carboxylic acids is 4. The number of anilines is 1. The Morgan fingerprint density at radius 2 is 1.69 bits per heavy atom. The normalized spacial score (nSPS) is 17.8. The SMILES string of the molecule is CCNC(=O)Nc1nnc([C@@H](CC(=O)[C@@]2(NC(=O)[C@H](CC(=O)Cc3ccccc3F)C(C)CC)CCc3[nH]c4c(C(F)(F)F)cccc4c3C2)C(C)CC)o1. The van der Waals surface area contributed by atoms with Gasteiger partial charge in [-0.3, -0.25) is 19.7 Å². The van der Waals surface area contributed by atoms with Gasteiger partial charge in [0.25, 0.3) is 0 Å². The molecule has 0 spiro atoms. The molecule has 0 saturated heterocycles. The number of benzene rings is 2. The number of halogens is 4. The first-order valence-corrected chi connectivity index (χ1v) is 18.8. The predicted molar refractivity (Wildman–Crippen MR) is 198 cm³/mol. The van der Waals surface area contributed by atoms with Gasteiger partial charge in [-0.25, -0.2) is 9.18 Å². The van der Waals surface area contributed by atoms with Crippen molar-refractivity contribution in [2.45, 2.75) is 104 Å². The topological polar surface area (TPSA) is 159 Å². The fourth-order valence-corrected chi connectivity index (χ4v) is 7.41. The molecule has 5 rings (SSSR count). The average Bonchev–Trinajstić information content (AvgIpc) is 3.76. The van der Waals surface area contributed by atoms with Gasteiger partial charge in [0.2, 0.25) is 11.8 Å². The second kappa shape index (κ2) is 17.2. The number of alkyl halides is 3. The molecule has 11 nitrogen and oxygen atoms in total. The number of nitrogens with one attached hydrogen (secondary N) is 4. The van der Waals surface area contributed by atoms with Crippen LogP contribution >= 0.6 is 0 Å². The minimum absolute atomic E-state index is 0.0657. The number of nitrogens with zero attached hydrogens (tertiary/aromatic N) is 2. The fraction of sp³-hybridized carbons (Fsp3) is 0.500. The van der Waals surface area contributed by atoms with Crippen LogP contribution in [0, 0.1) is 23.6 Å². The molecule has 0 bridgehead atoms. The van der Waals surface area contributed by atoms with Crippen LogP contribution in [0.15, 0.2) is 46.9 Å². The molecular formula is C40H48F4N6O5. The molecule has 1 aliphatic carbocycles. The van der Waals surface area contributed by atoms with Crippen molar-refractivity contribution in [1.82, 2.24) is 25.8 Å². The summed E-state index contributed by atoms with van der Waals surface area (Å²) in [6.07, 6.45) is -3.98. The molecule has 1 aliphatic rings. The van der Waals surface area contributed by atoms with E-state index in [1.54, 1.807) is 19.1 Å². The minimum Gasteiger partial charge on any atom is -0.407 e. The van der Waals surface area contributed by atoms with Gasteiger partial charge in [-0.15, -0.1) is 5.10 Å². The van der Waals surface area contributed by atoms with Crippen LogP contribution in [0.4, 0.5) is 28.4 Å². The molecule has 2 unspecified atom stereocenters. The van der Waals surface area contributed by atoms with Gasteiger partial charge in [-0.05, 0) is 54.9 Å². The molecule has 0 fully saturated rings. The Balaban J connectivity index is 1.52. The van der Waals surface area contributed by atoms with E-state index >= 15 is 0 Å². The van der Waals surface area contributed by atoms with Gasteiger partial charge < -0.3 is 20.0 Å². The molecule has 296 valence electrons. The summed E-state index contributed by atoms with van der Waals surface area (Å²) in [6.45, 7) is 9.63. The molecule has 4 N–H and O–H groups in total. The van der Waals surface area contributed by atoms with E-state index in [1.165, 1.54) is 24.3 Å². The van der Waals surface area contributed by atoms with Crippen LogP contribution < -0.4 is 16.0 Å².